The molecule has 4 heteroatoms. The zero-order valence-electron chi connectivity index (χ0n) is 12.3. The third kappa shape index (κ3) is 2.37. The molecular weight excluding hydrogens is 256 g/mol. The summed E-state index contributed by atoms with van der Waals surface area (Å²) in [5.41, 5.74) is 0.774. The van der Waals surface area contributed by atoms with E-state index in [1.807, 2.05) is 25.1 Å². The number of hydrogen-bond donors (Lipinski definition) is 0. The number of methoxy groups -OCH3 is 1. The Kier molecular flexibility index (Phi) is 3.58. The van der Waals surface area contributed by atoms with Gasteiger partial charge < -0.3 is 18.9 Å². The second-order valence-corrected chi connectivity index (χ2v) is 5.96. The van der Waals surface area contributed by atoms with Crippen LogP contribution in [0.2, 0.25) is 0 Å². The molecule has 1 aromatic rings. The maximum atomic E-state index is 6.10. The zero-order chi connectivity index (χ0) is 14.2. The third-order valence-corrected chi connectivity index (χ3v) is 4.35. The normalized spacial score (nSPS) is 40.0. The van der Waals surface area contributed by atoms with E-state index in [-0.39, 0.29) is 12.2 Å². The monoisotopic (exact) mass is 278 g/mol. The molecule has 0 saturated carbocycles. The molecule has 1 aromatic carbocycles. The third-order valence-electron chi connectivity index (χ3n) is 4.35. The predicted molar refractivity (Wildman–Crippen MR) is 74.3 cm³/mol. The van der Waals surface area contributed by atoms with E-state index < -0.39 is 11.4 Å². The highest BCUT2D eigenvalue weighted by Crippen LogP contribution is 2.45. The van der Waals surface area contributed by atoms with Crippen molar-refractivity contribution in [3.63, 3.8) is 0 Å². The summed E-state index contributed by atoms with van der Waals surface area (Å²) < 4.78 is 23.5. The first-order chi connectivity index (χ1) is 9.56. The quantitative estimate of drug-likeness (QED) is 0.848. The van der Waals surface area contributed by atoms with Gasteiger partial charge in [0.15, 0.2) is 5.79 Å². The molecule has 4 atom stereocenters. The van der Waals surface area contributed by atoms with Crippen LogP contribution in [0.25, 0.3) is 0 Å². The van der Waals surface area contributed by atoms with E-state index in [9.17, 15) is 0 Å². The SMILES string of the molecule is COC1CC(OCc2ccccc2)C2(C)COC1(C)O2. The lowest BCUT2D eigenvalue weighted by Gasteiger charge is -2.43. The largest absolute Gasteiger partial charge is 0.376 e. The second kappa shape index (κ2) is 5.11. The standard InChI is InChI=1S/C16H22O4/c1-15-11-19-16(2,20-15)14(17-3)9-13(15)18-10-12-7-5-4-6-8-12/h4-8,13-14H,9-11H2,1-3H3. The lowest BCUT2D eigenvalue weighted by Crippen LogP contribution is -2.56. The van der Waals surface area contributed by atoms with Crippen LogP contribution in [0.3, 0.4) is 0 Å². The maximum absolute atomic E-state index is 6.10. The summed E-state index contributed by atoms with van der Waals surface area (Å²) in [6.45, 7) is 5.13. The average Bonchev–Trinajstić information content (AvgIpc) is 2.73. The highest BCUT2D eigenvalue weighted by molar-refractivity contribution is 5.13. The van der Waals surface area contributed by atoms with Gasteiger partial charge in [-0.25, -0.2) is 0 Å². The van der Waals surface area contributed by atoms with Crippen molar-refractivity contribution in [2.24, 2.45) is 0 Å². The molecule has 0 aromatic heterocycles. The lowest BCUT2D eigenvalue weighted by atomic mass is 9.90. The summed E-state index contributed by atoms with van der Waals surface area (Å²) in [6, 6.07) is 10.2. The van der Waals surface area contributed by atoms with Gasteiger partial charge in [-0.1, -0.05) is 30.3 Å². The molecule has 2 heterocycles. The van der Waals surface area contributed by atoms with E-state index >= 15 is 0 Å². The summed E-state index contributed by atoms with van der Waals surface area (Å²) in [4.78, 5) is 0. The van der Waals surface area contributed by atoms with Gasteiger partial charge in [0.2, 0.25) is 0 Å². The molecule has 2 aliphatic heterocycles. The van der Waals surface area contributed by atoms with Crippen molar-refractivity contribution in [1.82, 2.24) is 0 Å². The molecule has 2 fully saturated rings. The van der Waals surface area contributed by atoms with Crippen LogP contribution in [-0.4, -0.2) is 37.3 Å². The van der Waals surface area contributed by atoms with Crippen LogP contribution in [0.1, 0.15) is 25.8 Å². The van der Waals surface area contributed by atoms with E-state index in [0.29, 0.717) is 13.2 Å². The Hall–Kier alpha value is -0.940. The maximum Gasteiger partial charge on any atom is 0.192 e. The fraction of sp³-hybridized carbons (Fsp3) is 0.625. The van der Waals surface area contributed by atoms with Gasteiger partial charge in [0.25, 0.3) is 0 Å². The van der Waals surface area contributed by atoms with Gasteiger partial charge in [0.05, 0.1) is 19.3 Å². The van der Waals surface area contributed by atoms with Crippen LogP contribution < -0.4 is 0 Å². The van der Waals surface area contributed by atoms with Gasteiger partial charge >= 0.3 is 0 Å². The van der Waals surface area contributed by atoms with Crippen molar-refractivity contribution >= 4 is 0 Å². The smallest absolute Gasteiger partial charge is 0.192 e. The molecule has 2 bridgehead atoms. The molecule has 0 radical (unpaired) electrons. The molecule has 3 rings (SSSR count). The minimum Gasteiger partial charge on any atom is -0.376 e. The highest BCUT2D eigenvalue weighted by Gasteiger charge is 2.59. The van der Waals surface area contributed by atoms with Crippen molar-refractivity contribution in [3.05, 3.63) is 35.9 Å². The number of fused-ring (bicyclic) bond motifs is 2. The van der Waals surface area contributed by atoms with Crippen LogP contribution in [0, 0.1) is 0 Å². The molecule has 2 saturated heterocycles. The summed E-state index contributed by atoms with van der Waals surface area (Å²) >= 11 is 0. The minimum absolute atomic E-state index is 0.0248. The molecule has 2 aliphatic rings. The van der Waals surface area contributed by atoms with Crippen LogP contribution in [-0.2, 0) is 25.6 Å². The average molecular weight is 278 g/mol. The van der Waals surface area contributed by atoms with Gasteiger partial charge in [-0.15, -0.1) is 0 Å². The fourth-order valence-corrected chi connectivity index (χ4v) is 3.11. The van der Waals surface area contributed by atoms with Crippen LogP contribution in [0.5, 0.6) is 0 Å². The number of benzene rings is 1. The van der Waals surface area contributed by atoms with E-state index in [1.54, 1.807) is 7.11 Å². The predicted octanol–water partition coefficient (Wildman–Crippen LogP) is 2.51. The summed E-state index contributed by atoms with van der Waals surface area (Å²) in [5, 5.41) is 0. The van der Waals surface area contributed by atoms with E-state index in [4.69, 9.17) is 18.9 Å². The van der Waals surface area contributed by atoms with E-state index in [0.717, 1.165) is 12.0 Å². The Balaban J connectivity index is 1.70. The topological polar surface area (TPSA) is 36.9 Å². The lowest BCUT2D eigenvalue weighted by molar-refractivity contribution is -0.285. The molecule has 20 heavy (non-hydrogen) atoms. The van der Waals surface area contributed by atoms with Gasteiger partial charge in [-0.2, -0.15) is 0 Å². The Bertz CT molecular complexity index is 463. The molecular formula is C16H22O4. The van der Waals surface area contributed by atoms with Crippen molar-refractivity contribution < 1.29 is 18.9 Å². The Labute approximate surface area is 120 Å². The highest BCUT2D eigenvalue weighted by atomic mass is 16.8. The molecule has 0 aliphatic carbocycles. The van der Waals surface area contributed by atoms with Crippen molar-refractivity contribution in [3.8, 4) is 0 Å². The van der Waals surface area contributed by atoms with Gasteiger partial charge in [0.1, 0.15) is 11.7 Å². The van der Waals surface area contributed by atoms with Crippen molar-refractivity contribution in [2.45, 2.75) is 50.5 Å². The minimum atomic E-state index is -0.643. The van der Waals surface area contributed by atoms with Crippen molar-refractivity contribution in [1.29, 1.82) is 0 Å². The Morgan fingerprint density at radius 2 is 1.95 bits per heavy atom. The molecule has 0 amide bonds. The van der Waals surface area contributed by atoms with Gasteiger partial charge in [-0.05, 0) is 19.4 Å². The first-order valence-corrected chi connectivity index (χ1v) is 7.08. The Morgan fingerprint density at radius 3 is 2.65 bits per heavy atom. The number of hydrogen-bond acceptors (Lipinski definition) is 4. The summed E-state index contributed by atoms with van der Waals surface area (Å²) in [7, 11) is 1.69. The van der Waals surface area contributed by atoms with Crippen LogP contribution in [0.4, 0.5) is 0 Å². The Morgan fingerprint density at radius 1 is 1.20 bits per heavy atom. The molecule has 4 unspecified atom stereocenters. The first kappa shape index (κ1) is 14.0. The number of rotatable bonds is 4. The first-order valence-electron chi connectivity index (χ1n) is 7.08. The number of ether oxygens (including phenoxy) is 4. The van der Waals surface area contributed by atoms with Gasteiger partial charge in [-0.3, -0.25) is 0 Å². The zero-order valence-corrected chi connectivity index (χ0v) is 12.3. The van der Waals surface area contributed by atoms with Crippen molar-refractivity contribution in [2.75, 3.05) is 13.7 Å². The van der Waals surface area contributed by atoms with Gasteiger partial charge in [0, 0.05) is 13.5 Å². The fourth-order valence-electron chi connectivity index (χ4n) is 3.11. The van der Waals surface area contributed by atoms with E-state index in [1.165, 1.54) is 0 Å². The van der Waals surface area contributed by atoms with E-state index in [2.05, 4.69) is 19.1 Å². The second-order valence-electron chi connectivity index (χ2n) is 5.96. The molecule has 110 valence electrons. The molecule has 4 nitrogen and oxygen atoms in total. The molecule has 0 spiro atoms. The summed E-state index contributed by atoms with van der Waals surface area (Å²) in [5.74, 6) is -0.643. The van der Waals surface area contributed by atoms with Crippen LogP contribution in [0.15, 0.2) is 30.3 Å². The van der Waals surface area contributed by atoms with Crippen LogP contribution >= 0.6 is 0 Å². The summed E-state index contributed by atoms with van der Waals surface area (Å²) in [6.07, 6.45) is 0.665. The molecule has 0 N–H and O–H groups in total.